The first-order valence-electron chi connectivity index (χ1n) is 6.53. The van der Waals surface area contributed by atoms with Crippen LogP contribution in [-0.2, 0) is 9.53 Å². The first-order chi connectivity index (χ1) is 9.67. The molecule has 6 heteroatoms. The summed E-state index contributed by atoms with van der Waals surface area (Å²) in [5.74, 6) is -1.29. The van der Waals surface area contributed by atoms with E-state index in [1.54, 1.807) is 39.0 Å². The normalized spacial score (nSPS) is 10.7. The number of aryl methyl sites for hydroxylation is 1. The van der Waals surface area contributed by atoms with E-state index in [2.05, 4.69) is 10.6 Å². The summed E-state index contributed by atoms with van der Waals surface area (Å²) < 4.78 is 4.84. The number of carbonyl (C=O) groups excluding carboxylic acids is 3. The fourth-order valence-electron chi connectivity index (χ4n) is 1.52. The van der Waals surface area contributed by atoms with Crippen LogP contribution in [0.25, 0.3) is 0 Å². The van der Waals surface area contributed by atoms with Crippen LogP contribution >= 0.6 is 0 Å². The van der Waals surface area contributed by atoms with E-state index in [1.807, 2.05) is 13.0 Å². The van der Waals surface area contributed by atoms with Crippen molar-refractivity contribution in [3.63, 3.8) is 0 Å². The molecule has 0 fully saturated rings. The highest BCUT2D eigenvalue weighted by Gasteiger charge is 2.16. The number of imide groups is 1. The monoisotopic (exact) mass is 292 g/mol. The van der Waals surface area contributed by atoms with Crippen molar-refractivity contribution in [1.29, 1.82) is 0 Å². The minimum atomic E-state index is -0.683. The molecule has 1 rings (SSSR count). The molecule has 1 aromatic carbocycles. The largest absolute Gasteiger partial charge is 0.452 e. The summed E-state index contributed by atoms with van der Waals surface area (Å²) in [6.07, 6.45) is 0. The Morgan fingerprint density at radius 3 is 2.43 bits per heavy atom. The Morgan fingerprint density at radius 1 is 1.19 bits per heavy atom. The summed E-state index contributed by atoms with van der Waals surface area (Å²) in [6.45, 7) is 6.70. The molecule has 21 heavy (non-hydrogen) atoms. The number of hydrogen-bond donors (Lipinski definition) is 2. The summed E-state index contributed by atoms with van der Waals surface area (Å²) in [7, 11) is 0. The Labute approximate surface area is 123 Å². The lowest BCUT2D eigenvalue weighted by Gasteiger charge is -2.20. The minimum absolute atomic E-state index is 0.363. The molecule has 2 N–H and O–H groups in total. The lowest BCUT2D eigenvalue weighted by atomic mass is 10.1. The Kier molecular flexibility index (Phi) is 5.46. The van der Waals surface area contributed by atoms with E-state index in [1.165, 1.54) is 0 Å². The standard InChI is InChI=1S/C15H20N2O4/c1-10-6-5-7-11(8-10)13(19)21-9-12(18)16-14(20)17-15(2,3)4/h5-8H,9H2,1-4H3,(H2,16,17,18,20). The molecule has 0 unspecified atom stereocenters. The number of nitrogens with one attached hydrogen (secondary N) is 2. The predicted molar refractivity (Wildman–Crippen MR) is 77.9 cm³/mol. The maximum Gasteiger partial charge on any atom is 0.338 e. The van der Waals surface area contributed by atoms with Gasteiger partial charge < -0.3 is 10.1 Å². The van der Waals surface area contributed by atoms with Gasteiger partial charge in [-0.25, -0.2) is 9.59 Å². The molecule has 0 bridgehead atoms. The van der Waals surface area contributed by atoms with E-state index in [4.69, 9.17) is 4.74 Å². The van der Waals surface area contributed by atoms with Crippen LogP contribution in [0, 0.1) is 6.92 Å². The third-order valence-electron chi connectivity index (χ3n) is 2.33. The average Bonchev–Trinajstić information content (AvgIpc) is 2.33. The second kappa shape index (κ2) is 6.88. The van der Waals surface area contributed by atoms with Crippen LogP contribution in [0.5, 0.6) is 0 Å². The molecule has 0 atom stereocenters. The van der Waals surface area contributed by atoms with Gasteiger partial charge in [-0.15, -0.1) is 0 Å². The molecule has 0 aliphatic carbocycles. The van der Waals surface area contributed by atoms with Crippen molar-refractivity contribution in [2.24, 2.45) is 0 Å². The molecule has 3 amide bonds. The van der Waals surface area contributed by atoms with Crippen molar-refractivity contribution in [3.05, 3.63) is 35.4 Å². The highest BCUT2D eigenvalue weighted by Crippen LogP contribution is 2.05. The van der Waals surface area contributed by atoms with E-state index < -0.39 is 30.1 Å². The average molecular weight is 292 g/mol. The second-order valence-corrected chi connectivity index (χ2v) is 5.70. The highest BCUT2D eigenvalue weighted by molar-refractivity contribution is 5.97. The van der Waals surface area contributed by atoms with Crippen LogP contribution in [0.1, 0.15) is 36.7 Å². The maximum atomic E-state index is 11.7. The zero-order chi connectivity index (χ0) is 16.0. The van der Waals surface area contributed by atoms with Gasteiger partial charge >= 0.3 is 12.0 Å². The first kappa shape index (κ1) is 16.7. The van der Waals surface area contributed by atoms with Gasteiger partial charge in [-0.05, 0) is 39.8 Å². The van der Waals surface area contributed by atoms with E-state index in [9.17, 15) is 14.4 Å². The van der Waals surface area contributed by atoms with Crippen molar-refractivity contribution in [2.75, 3.05) is 6.61 Å². The van der Waals surface area contributed by atoms with Crippen molar-refractivity contribution in [3.8, 4) is 0 Å². The molecule has 0 saturated carbocycles. The smallest absolute Gasteiger partial charge is 0.338 e. The van der Waals surface area contributed by atoms with Crippen molar-refractivity contribution >= 4 is 17.9 Å². The molecular formula is C15H20N2O4. The van der Waals surface area contributed by atoms with Crippen LogP contribution in [0.4, 0.5) is 4.79 Å². The van der Waals surface area contributed by atoms with Crippen LogP contribution in [0.15, 0.2) is 24.3 Å². The van der Waals surface area contributed by atoms with Crippen LogP contribution < -0.4 is 10.6 Å². The molecule has 0 heterocycles. The lowest BCUT2D eigenvalue weighted by Crippen LogP contribution is -2.49. The maximum absolute atomic E-state index is 11.7. The fraction of sp³-hybridized carbons (Fsp3) is 0.400. The quantitative estimate of drug-likeness (QED) is 0.832. The van der Waals surface area contributed by atoms with E-state index >= 15 is 0 Å². The van der Waals surface area contributed by atoms with Crippen LogP contribution in [0.2, 0.25) is 0 Å². The molecule has 0 spiro atoms. The van der Waals surface area contributed by atoms with Gasteiger partial charge in [0, 0.05) is 5.54 Å². The van der Waals surface area contributed by atoms with Gasteiger partial charge in [0.15, 0.2) is 6.61 Å². The Balaban J connectivity index is 2.43. The summed E-state index contributed by atoms with van der Waals surface area (Å²) in [4.78, 5) is 34.7. The van der Waals surface area contributed by atoms with Gasteiger partial charge in [-0.1, -0.05) is 17.7 Å². The molecule has 0 aliphatic rings. The van der Waals surface area contributed by atoms with E-state index in [0.717, 1.165) is 5.56 Å². The number of carbonyl (C=O) groups is 3. The number of hydrogen-bond acceptors (Lipinski definition) is 4. The zero-order valence-corrected chi connectivity index (χ0v) is 12.6. The van der Waals surface area contributed by atoms with Gasteiger partial charge in [0.2, 0.25) is 0 Å². The molecule has 6 nitrogen and oxygen atoms in total. The molecule has 114 valence electrons. The third-order valence-corrected chi connectivity index (χ3v) is 2.33. The highest BCUT2D eigenvalue weighted by atomic mass is 16.5. The number of ether oxygens (including phenoxy) is 1. The van der Waals surface area contributed by atoms with Gasteiger partial charge in [0.1, 0.15) is 0 Å². The van der Waals surface area contributed by atoms with Crippen LogP contribution in [0.3, 0.4) is 0 Å². The second-order valence-electron chi connectivity index (χ2n) is 5.70. The summed E-state index contributed by atoms with van der Waals surface area (Å²) in [6, 6.07) is 6.20. The number of amides is 3. The number of esters is 1. The summed E-state index contributed by atoms with van der Waals surface area (Å²) in [5, 5.41) is 4.65. The topological polar surface area (TPSA) is 84.5 Å². The van der Waals surface area contributed by atoms with Crippen molar-refractivity contribution in [2.45, 2.75) is 33.2 Å². The number of benzene rings is 1. The molecule has 0 saturated heterocycles. The fourth-order valence-corrected chi connectivity index (χ4v) is 1.52. The minimum Gasteiger partial charge on any atom is -0.452 e. The van der Waals surface area contributed by atoms with Gasteiger partial charge in [-0.3, -0.25) is 10.1 Å². The van der Waals surface area contributed by atoms with Gasteiger partial charge in [-0.2, -0.15) is 0 Å². The van der Waals surface area contributed by atoms with Crippen molar-refractivity contribution < 1.29 is 19.1 Å². The number of urea groups is 1. The third kappa shape index (κ3) is 6.56. The molecule has 0 radical (unpaired) electrons. The van der Waals surface area contributed by atoms with E-state index in [0.29, 0.717) is 5.56 Å². The van der Waals surface area contributed by atoms with Gasteiger partial charge in [0.25, 0.3) is 5.91 Å². The Bertz CT molecular complexity index is 547. The molecular weight excluding hydrogens is 272 g/mol. The predicted octanol–water partition coefficient (Wildman–Crippen LogP) is 1.78. The molecule has 1 aromatic rings. The van der Waals surface area contributed by atoms with E-state index in [-0.39, 0.29) is 0 Å². The molecule has 0 aromatic heterocycles. The Morgan fingerprint density at radius 2 is 1.86 bits per heavy atom. The summed E-state index contributed by atoms with van der Waals surface area (Å²) in [5.41, 5.74) is 0.822. The molecule has 0 aliphatic heterocycles. The van der Waals surface area contributed by atoms with Crippen molar-refractivity contribution in [1.82, 2.24) is 10.6 Å². The first-order valence-corrected chi connectivity index (χ1v) is 6.53. The summed E-state index contributed by atoms with van der Waals surface area (Å²) >= 11 is 0. The Hall–Kier alpha value is -2.37. The van der Waals surface area contributed by atoms with Gasteiger partial charge in [0.05, 0.1) is 5.56 Å². The lowest BCUT2D eigenvalue weighted by molar-refractivity contribution is -0.123. The number of rotatable bonds is 3. The zero-order valence-electron chi connectivity index (χ0n) is 12.6. The SMILES string of the molecule is Cc1cccc(C(=O)OCC(=O)NC(=O)NC(C)(C)C)c1. The van der Waals surface area contributed by atoms with Crippen LogP contribution in [-0.4, -0.2) is 30.1 Å².